The number of carbonyl (C=O) groups is 1. The fourth-order valence-corrected chi connectivity index (χ4v) is 2.82. The summed E-state index contributed by atoms with van der Waals surface area (Å²) in [5.41, 5.74) is 1.26. The molecule has 4 heteroatoms. The maximum absolute atomic E-state index is 11.6. The summed E-state index contributed by atoms with van der Waals surface area (Å²) in [6.07, 6.45) is 0. The van der Waals surface area contributed by atoms with E-state index in [4.69, 9.17) is 0 Å². The van der Waals surface area contributed by atoms with Gasteiger partial charge in [-0.05, 0) is 36.2 Å². The Bertz CT molecular complexity index is 535. The van der Waals surface area contributed by atoms with Gasteiger partial charge in [0.05, 0.1) is 6.04 Å². The Labute approximate surface area is 111 Å². The van der Waals surface area contributed by atoms with E-state index in [1.54, 1.807) is 11.3 Å². The monoisotopic (exact) mass is 262 g/mol. The van der Waals surface area contributed by atoms with Crippen LogP contribution in [-0.4, -0.2) is 18.5 Å². The number of hydrogen-bond acceptors (Lipinski definition) is 3. The average molecular weight is 262 g/mol. The fourth-order valence-electron chi connectivity index (χ4n) is 1.85. The van der Waals surface area contributed by atoms with Crippen LogP contribution in [0.3, 0.4) is 0 Å². The Morgan fingerprint density at radius 3 is 2.94 bits per heavy atom. The van der Waals surface area contributed by atoms with Gasteiger partial charge in [-0.25, -0.2) is 0 Å². The van der Waals surface area contributed by atoms with Crippen molar-refractivity contribution in [2.45, 2.75) is 26.4 Å². The number of amides is 1. The van der Waals surface area contributed by atoms with Gasteiger partial charge in [-0.3, -0.25) is 4.79 Å². The molecule has 0 aliphatic rings. The summed E-state index contributed by atoms with van der Waals surface area (Å²) in [6, 6.07) is 8.18. The van der Waals surface area contributed by atoms with Crippen LogP contribution in [0.5, 0.6) is 0 Å². The van der Waals surface area contributed by atoms with Crippen LogP contribution in [0.1, 0.15) is 19.4 Å². The first-order valence-electron chi connectivity index (χ1n) is 6.18. The summed E-state index contributed by atoms with van der Waals surface area (Å²) >= 11 is 1.74. The molecule has 1 aromatic carbocycles. The fraction of sp³-hybridized carbons (Fsp3) is 0.357. The van der Waals surface area contributed by atoms with Crippen LogP contribution in [0, 0.1) is 0 Å². The second kappa shape index (κ2) is 5.98. The van der Waals surface area contributed by atoms with Gasteiger partial charge in [0.25, 0.3) is 0 Å². The minimum absolute atomic E-state index is 0.0528. The Balaban J connectivity index is 2.00. The molecule has 3 nitrogen and oxygen atoms in total. The largest absolute Gasteiger partial charge is 0.355 e. The highest BCUT2D eigenvalue weighted by atomic mass is 32.1. The lowest BCUT2D eigenvalue weighted by Gasteiger charge is -2.12. The molecule has 0 aliphatic carbocycles. The van der Waals surface area contributed by atoms with Crippen LogP contribution in [-0.2, 0) is 11.3 Å². The lowest BCUT2D eigenvalue weighted by atomic mass is 10.1. The maximum Gasteiger partial charge on any atom is 0.236 e. The van der Waals surface area contributed by atoms with Gasteiger partial charge in [-0.2, -0.15) is 0 Å². The molecule has 0 spiro atoms. The smallest absolute Gasteiger partial charge is 0.236 e. The zero-order valence-electron chi connectivity index (χ0n) is 10.7. The number of rotatable bonds is 5. The summed E-state index contributed by atoms with van der Waals surface area (Å²) in [6.45, 7) is 5.21. The van der Waals surface area contributed by atoms with Gasteiger partial charge in [-0.1, -0.05) is 18.2 Å². The van der Waals surface area contributed by atoms with Gasteiger partial charge in [0.15, 0.2) is 0 Å². The van der Waals surface area contributed by atoms with Crippen molar-refractivity contribution in [3.63, 3.8) is 0 Å². The first kappa shape index (κ1) is 13.1. The Morgan fingerprint density at radius 1 is 1.39 bits per heavy atom. The molecule has 1 unspecified atom stereocenters. The van der Waals surface area contributed by atoms with Gasteiger partial charge in [0.2, 0.25) is 5.91 Å². The van der Waals surface area contributed by atoms with Crippen molar-refractivity contribution in [1.29, 1.82) is 0 Å². The van der Waals surface area contributed by atoms with Crippen LogP contribution >= 0.6 is 11.3 Å². The standard InChI is InChI=1S/C14H18N2OS/c1-3-15-14(17)10(2)16-8-11-9-18-13-7-5-4-6-12(11)13/h4-7,9-10,16H,3,8H2,1-2H3,(H,15,17). The minimum Gasteiger partial charge on any atom is -0.355 e. The number of hydrogen-bond donors (Lipinski definition) is 2. The molecule has 1 amide bonds. The van der Waals surface area contributed by atoms with Crippen LogP contribution in [0.25, 0.3) is 10.1 Å². The van der Waals surface area contributed by atoms with E-state index in [1.165, 1.54) is 15.6 Å². The van der Waals surface area contributed by atoms with Gasteiger partial charge in [-0.15, -0.1) is 11.3 Å². The molecule has 1 heterocycles. The highest BCUT2D eigenvalue weighted by Gasteiger charge is 2.11. The second-order valence-electron chi connectivity index (χ2n) is 4.25. The molecule has 2 aromatic rings. The van der Waals surface area contributed by atoms with Crippen molar-refractivity contribution in [2.24, 2.45) is 0 Å². The molecule has 1 aromatic heterocycles. The lowest BCUT2D eigenvalue weighted by Crippen LogP contribution is -2.41. The highest BCUT2D eigenvalue weighted by Crippen LogP contribution is 2.25. The molecule has 0 fully saturated rings. The first-order chi connectivity index (χ1) is 8.72. The number of nitrogens with one attached hydrogen (secondary N) is 2. The van der Waals surface area contributed by atoms with Crippen LogP contribution in [0.4, 0.5) is 0 Å². The Kier molecular flexibility index (Phi) is 4.33. The molecule has 2 N–H and O–H groups in total. The molecule has 0 bridgehead atoms. The average Bonchev–Trinajstić information content (AvgIpc) is 2.79. The van der Waals surface area contributed by atoms with Crippen molar-refractivity contribution in [3.05, 3.63) is 35.2 Å². The van der Waals surface area contributed by atoms with Crippen LogP contribution in [0.2, 0.25) is 0 Å². The van der Waals surface area contributed by atoms with Crippen molar-refractivity contribution < 1.29 is 4.79 Å². The Morgan fingerprint density at radius 2 is 2.17 bits per heavy atom. The van der Waals surface area contributed by atoms with Gasteiger partial charge in [0, 0.05) is 17.8 Å². The van der Waals surface area contributed by atoms with Gasteiger partial charge >= 0.3 is 0 Å². The number of carbonyl (C=O) groups excluding carboxylic acids is 1. The summed E-state index contributed by atoms with van der Waals surface area (Å²) in [5.74, 6) is 0.0528. The number of fused-ring (bicyclic) bond motifs is 1. The third-order valence-corrected chi connectivity index (χ3v) is 3.92. The lowest BCUT2D eigenvalue weighted by molar-refractivity contribution is -0.122. The minimum atomic E-state index is -0.163. The molecular weight excluding hydrogens is 244 g/mol. The first-order valence-corrected chi connectivity index (χ1v) is 7.06. The van der Waals surface area contributed by atoms with Crippen molar-refractivity contribution >= 4 is 27.3 Å². The highest BCUT2D eigenvalue weighted by molar-refractivity contribution is 7.17. The zero-order chi connectivity index (χ0) is 13.0. The molecule has 0 saturated heterocycles. The SMILES string of the molecule is CCNC(=O)C(C)NCc1csc2ccccc12. The van der Waals surface area contributed by atoms with Crippen molar-refractivity contribution in [3.8, 4) is 0 Å². The number of likely N-dealkylation sites (N-methyl/N-ethyl adjacent to an activating group) is 1. The maximum atomic E-state index is 11.6. The quantitative estimate of drug-likeness (QED) is 0.869. The zero-order valence-corrected chi connectivity index (χ0v) is 11.5. The van der Waals surface area contributed by atoms with Crippen molar-refractivity contribution in [2.75, 3.05) is 6.54 Å². The van der Waals surface area contributed by atoms with E-state index in [9.17, 15) is 4.79 Å². The molecule has 0 radical (unpaired) electrons. The van der Waals surface area contributed by atoms with E-state index in [1.807, 2.05) is 26.0 Å². The van der Waals surface area contributed by atoms with E-state index in [-0.39, 0.29) is 11.9 Å². The summed E-state index contributed by atoms with van der Waals surface area (Å²) in [5, 5.41) is 9.50. The van der Waals surface area contributed by atoms with Crippen LogP contribution < -0.4 is 10.6 Å². The van der Waals surface area contributed by atoms with Gasteiger partial charge in [0.1, 0.15) is 0 Å². The van der Waals surface area contributed by atoms with Crippen LogP contribution in [0.15, 0.2) is 29.6 Å². The van der Waals surface area contributed by atoms with E-state index in [2.05, 4.69) is 28.1 Å². The summed E-state index contributed by atoms with van der Waals surface area (Å²) in [4.78, 5) is 11.6. The number of benzene rings is 1. The third kappa shape index (κ3) is 2.89. The molecule has 1 atom stereocenters. The van der Waals surface area contributed by atoms with E-state index in [0.717, 1.165) is 6.54 Å². The molecule has 2 rings (SSSR count). The molecule has 0 saturated carbocycles. The predicted octanol–water partition coefficient (Wildman–Crippen LogP) is 2.52. The van der Waals surface area contributed by atoms with Gasteiger partial charge < -0.3 is 10.6 Å². The second-order valence-corrected chi connectivity index (χ2v) is 5.17. The molecule has 18 heavy (non-hydrogen) atoms. The molecular formula is C14H18N2OS. The van der Waals surface area contributed by atoms with E-state index >= 15 is 0 Å². The van der Waals surface area contributed by atoms with Crippen molar-refractivity contribution in [1.82, 2.24) is 10.6 Å². The molecule has 96 valence electrons. The Hall–Kier alpha value is -1.39. The number of thiophene rings is 1. The summed E-state index contributed by atoms with van der Waals surface area (Å²) < 4.78 is 1.29. The van der Waals surface area contributed by atoms with E-state index < -0.39 is 0 Å². The normalized spacial score (nSPS) is 12.6. The predicted molar refractivity (Wildman–Crippen MR) is 76.8 cm³/mol. The van der Waals surface area contributed by atoms with E-state index in [0.29, 0.717) is 6.54 Å². The molecule has 0 aliphatic heterocycles. The summed E-state index contributed by atoms with van der Waals surface area (Å²) in [7, 11) is 0. The third-order valence-electron chi connectivity index (χ3n) is 2.90. The topological polar surface area (TPSA) is 41.1 Å².